The predicted octanol–water partition coefficient (Wildman–Crippen LogP) is 1.78. The minimum atomic E-state index is -0.220. The third-order valence-corrected chi connectivity index (χ3v) is 5.83. The minimum absolute atomic E-state index is 0.129. The van der Waals surface area contributed by atoms with E-state index in [9.17, 15) is 14.7 Å². The summed E-state index contributed by atoms with van der Waals surface area (Å²) in [4.78, 5) is 25.4. The largest absolute Gasteiger partial charge is 0.508 e. The summed E-state index contributed by atoms with van der Waals surface area (Å²) in [5, 5.41) is 14.7. The summed E-state index contributed by atoms with van der Waals surface area (Å²) >= 11 is 0. The predicted molar refractivity (Wildman–Crippen MR) is 82.3 cm³/mol. The molecule has 1 aromatic carbocycles. The van der Waals surface area contributed by atoms with E-state index < -0.39 is 0 Å². The lowest BCUT2D eigenvalue weighted by Crippen LogP contribution is -2.40. The molecule has 1 aromatic rings. The highest BCUT2D eigenvalue weighted by atomic mass is 16.3. The Kier molecular flexibility index (Phi) is 2.45. The SMILES string of the molecule is O=C1[C@@H]2[C@H]3C=C[C@@H]([C@@H]4C[C@@H]34)[C@H]2C(=O)N1/N=C\c1cccc(O)c1. The molecule has 6 atom stereocenters. The van der Waals surface area contributed by atoms with Crippen LogP contribution in [-0.2, 0) is 9.59 Å². The lowest BCUT2D eigenvalue weighted by molar-refractivity contribution is -0.140. The fraction of sp³-hybridized carbons (Fsp3) is 0.389. The molecule has 23 heavy (non-hydrogen) atoms. The van der Waals surface area contributed by atoms with Gasteiger partial charge in [-0.05, 0) is 47.8 Å². The zero-order valence-electron chi connectivity index (χ0n) is 12.4. The van der Waals surface area contributed by atoms with Crippen LogP contribution in [0.1, 0.15) is 12.0 Å². The number of benzene rings is 1. The van der Waals surface area contributed by atoms with Crippen molar-refractivity contribution in [3.63, 3.8) is 0 Å². The Hall–Kier alpha value is -2.43. The highest BCUT2D eigenvalue weighted by Crippen LogP contribution is 2.65. The zero-order chi connectivity index (χ0) is 15.7. The average Bonchev–Trinajstić information content (AvgIpc) is 3.32. The van der Waals surface area contributed by atoms with Crippen LogP contribution in [0.4, 0.5) is 0 Å². The maximum atomic E-state index is 12.7. The first kappa shape index (κ1) is 13.0. The Balaban J connectivity index is 1.45. The molecule has 116 valence electrons. The molecule has 0 spiro atoms. The first-order valence-electron chi connectivity index (χ1n) is 8.04. The van der Waals surface area contributed by atoms with Crippen LogP contribution in [0.3, 0.4) is 0 Å². The van der Waals surface area contributed by atoms with Crippen LogP contribution in [0.5, 0.6) is 5.75 Å². The second-order valence-corrected chi connectivity index (χ2v) is 6.98. The van der Waals surface area contributed by atoms with Crippen LogP contribution < -0.4 is 0 Å². The van der Waals surface area contributed by atoms with Crippen molar-refractivity contribution < 1.29 is 14.7 Å². The van der Waals surface area contributed by atoms with Crippen LogP contribution in [-0.4, -0.2) is 28.1 Å². The number of imide groups is 1. The summed E-state index contributed by atoms with van der Waals surface area (Å²) < 4.78 is 0. The van der Waals surface area contributed by atoms with E-state index in [4.69, 9.17) is 0 Å². The number of carbonyl (C=O) groups is 2. The Morgan fingerprint density at radius 2 is 1.74 bits per heavy atom. The van der Waals surface area contributed by atoms with E-state index in [1.165, 1.54) is 6.21 Å². The Morgan fingerprint density at radius 3 is 2.35 bits per heavy atom. The van der Waals surface area contributed by atoms with Crippen LogP contribution in [0.2, 0.25) is 0 Å². The van der Waals surface area contributed by atoms with Gasteiger partial charge >= 0.3 is 0 Å². The number of aromatic hydroxyl groups is 1. The molecule has 1 saturated heterocycles. The van der Waals surface area contributed by atoms with Crippen molar-refractivity contribution in [2.24, 2.45) is 40.6 Å². The van der Waals surface area contributed by atoms with Crippen molar-refractivity contribution in [1.29, 1.82) is 0 Å². The quantitative estimate of drug-likeness (QED) is 0.514. The number of carbonyl (C=O) groups excluding carboxylic acids is 2. The zero-order valence-corrected chi connectivity index (χ0v) is 12.4. The van der Waals surface area contributed by atoms with Gasteiger partial charge in [-0.3, -0.25) is 9.59 Å². The van der Waals surface area contributed by atoms with Gasteiger partial charge in [-0.25, -0.2) is 0 Å². The van der Waals surface area contributed by atoms with Gasteiger partial charge in [-0.2, -0.15) is 10.1 Å². The topological polar surface area (TPSA) is 70.0 Å². The molecule has 3 fully saturated rings. The molecule has 1 N–H and O–H groups in total. The summed E-state index contributed by atoms with van der Waals surface area (Å²) in [5.74, 6) is 0.979. The van der Waals surface area contributed by atoms with Crippen LogP contribution in [0.15, 0.2) is 41.5 Å². The van der Waals surface area contributed by atoms with Gasteiger partial charge in [0.15, 0.2) is 0 Å². The maximum Gasteiger partial charge on any atom is 0.254 e. The molecule has 0 unspecified atom stereocenters. The number of hydrogen-bond acceptors (Lipinski definition) is 4. The van der Waals surface area contributed by atoms with Gasteiger partial charge in [-0.15, -0.1) is 0 Å². The van der Waals surface area contributed by atoms with Crippen LogP contribution in [0, 0.1) is 35.5 Å². The van der Waals surface area contributed by atoms with Crippen LogP contribution >= 0.6 is 0 Å². The summed E-state index contributed by atoms with van der Waals surface area (Å²) in [6.07, 6.45) is 6.91. The molecule has 0 aromatic heterocycles. The molecule has 2 saturated carbocycles. The third-order valence-electron chi connectivity index (χ3n) is 5.83. The number of amides is 2. The van der Waals surface area contributed by atoms with Gasteiger partial charge in [0.05, 0.1) is 18.1 Å². The summed E-state index contributed by atoms with van der Waals surface area (Å²) in [6, 6.07) is 6.57. The summed E-state index contributed by atoms with van der Waals surface area (Å²) in [5.41, 5.74) is 0.657. The molecular weight excluding hydrogens is 292 g/mol. The molecular formula is C18H16N2O3. The minimum Gasteiger partial charge on any atom is -0.508 e. The standard InChI is InChI=1S/C18H16N2O3/c21-10-3-1-2-9(6-10)8-19-20-17(22)15-11-4-5-12(14-7-13(11)14)16(15)18(20)23/h1-6,8,11-16,21H,7H2/b19-8-/t11-,12-,13-,14-,15+,16+/m0/s1. The Morgan fingerprint density at radius 1 is 1.09 bits per heavy atom. The molecule has 1 aliphatic heterocycles. The molecule has 5 heteroatoms. The molecule has 2 amide bonds. The maximum absolute atomic E-state index is 12.7. The number of phenols is 1. The van der Waals surface area contributed by atoms with Crippen molar-refractivity contribution in [2.75, 3.05) is 0 Å². The van der Waals surface area contributed by atoms with Crippen molar-refractivity contribution in [3.05, 3.63) is 42.0 Å². The molecule has 5 aliphatic rings. The van der Waals surface area contributed by atoms with Crippen molar-refractivity contribution >= 4 is 18.0 Å². The number of nitrogens with zero attached hydrogens (tertiary/aromatic N) is 2. The molecule has 2 bridgehead atoms. The first-order chi connectivity index (χ1) is 11.1. The van der Waals surface area contributed by atoms with E-state index in [-0.39, 0.29) is 41.2 Å². The highest BCUT2D eigenvalue weighted by Gasteiger charge is 2.67. The lowest BCUT2D eigenvalue weighted by Gasteiger charge is -2.37. The van der Waals surface area contributed by atoms with Gasteiger partial charge in [0, 0.05) is 0 Å². The van der Waals surface area contributed by atoms with E-state index in [0.717, 1.165) is 11.4 Å². The van der Waals surface area contributed by atoms with E-state index in [1.807, 2.05) is 0 Å². The van der Waals surface area contributed by atoms with E-state index in [1.54, 1.807) is 24.3 Å². The highest BCUT2D eigenvalue weighted by molar-refractivity contribution is 6.06. The fourth-order valence-corrected chi connectivity index (χ4v) is 4.78. The monoisotopic (exact) mass is 308 g/mol. The summed E-state index contributed by atoms with van der Waals surface area (Å²) in [7, 11) is 0. The second kappa shape index (κ2) is 4.31. The number of allylic oxidation sites excluding steroid dienone is 2. The van der Waals surface area contributed by atoms with Crippen LogP contribution in [0.25, 0.3) is 0 Å². The molecule has 0 radical (unpaired) electrons. The van der Waals surface area contributed by atoms with Gasteiger partial charge in [0.25, 0.3) is 11.8 Å². The number of hydrogen-bond donors (Lipinski definition) is 1. The lowest BCUT2D eigenvalue weighted by atomic mass is 9.63. The van der Waals surface area contributed by atoms with Gasteiger partial charge in [0.1, 0.15) is 5.75 Å². The number of rotatable bonds is 2. The van der Waals surface area contributed by atoms with Gasteiger partial charge in [0.2, 0.25) is 0 Å². The molecule has 5 nitrogen and oxygen atoms in total. The normalized spacial score (nSPS) is 39.9. The van der Waals surface area contributed by atoms with Crippen molar-refractivity contribution in [3.8, 4) is 5.75 Å². The smallest absolute Gasteiger partial charge is 0.254 e. The number of phenolic OH excluding ortho intramolecular Hbond substituents is 1. The number of hydrazone groups is 1. The van der Waals surface area contributed by atoms with E-state index in [0.29, 0.717) is 17.4 Å². The average molecular weight is 308 g/mol. The molecule has 6 rings (SSSR count). The fourth-order valence-electron chi connectivity index (χ4n) is 4.78. The van der Waals surface area contributed by atoms with Gasteiger partial charge < -0.3 is 5.11 Å². The molecule has 1 heterocycles. The van der Waals surface area contributed by atoms with Crippen molar-refractivity contribution in [2.45, 2.75) is 6.42 Å². The van der Waals surface area contributed by atoms with Crippen molar-refractivity contribution in [1.82, 2.24) is 5.01 Å². The second-order valence-electron chi connectivity index (χ2n) is 6.98. The van der Waals surface area contributed by atoms with E-state index >= 15 is 0 Å². The molecule has 4 aliphatic carbocycles. The van der Waals surface area contributed by atoms with Gasteiger partial charge in [-0.1, -0.05) is 24.3 Å². The van der Waals surface area contributed by atoms with E-state index in [2.05, 4.69) is 17.3 Å². The third kappa shape index (κ3) is 1.70. The first-order valence-corrected chi connectivity index (χ1v) is 8.04. The summed E-state index contributed by atoms with van der Waals surface area (Å²) in [6.45, 7) is 0. The Bertz CT molecular complexity index is 748. The Labute approximate surface area is 133 Å².